The lowest BCUT2D eigenvalue weighted by Gasteiger charge is -2.16. The van der Waals surface area contributed by atoms with Gasteiger partial charge in [0.15, 0.2) is 5.79 Å². The van der Waals surface area contributed by atoms with Gasteiger partial charge in [0, 0.05) is 0 Å². The molecule has 2 rings (SSSR count). The van der Waals surface area contributed by atoms with E-state index in [1.165, 1.54) is 0 Å². The second-order valence-corrected chi connectivity index (χ2v) is 4.81. The van der Waals surface area contributed by atoms with Gasteiger partial charge in [0.05, 0.1) is 18.8 Å². The van der Waals surface area contributed by atoms with Crippen molar-refractivity contribution >= 4 is 12.2 Å². The summed E-state index contributed by atoms with van der Waals surface area (Å²) in [7, 11) is 0. The van der Waals surface area contributed by atoms with Crippen LogP contribution in [0.2, 0.25) is 0 Å². The standard InChI is InChI=1S/C12H17NO3S/c1-12(2)15-10(8-14-17-13)11(16-12)9-6-4-3-5-7-9/h3-7,10-11H,8,13H2,1-2H3. The second kappa shape index (κ2) is 5.37. The third-order valence-corrected chi connectivity index (χ3v) is 2.88. The molecule has 0 spiro atoms. The van der Waals surface area contributed by atoms with Crippen molar-refractivity contribution in [1.82, 2.24) is 0 Å². The second-order valence-electron chi connectivity index (χ2n) is 4.39. The zero-order chi connectivity index (χ0) is 12.3. The third kappa shape index (κ3) is 3.20. The van der Waals surface area contributed by atoms with Gasteiger partial charge in [-0.1, -0.05) is 30.3 Å². The molecule has 0 aromatic heterocycles. The van der Waals surface area contributed by atoms with Crippen LogP contribution in [0.4, 0.5) is 0 Å². The van der Waals surface area contributed by atoms with Crippen LogP contribution in [0.3, 0.4) is 0 Å². The van der Waals surface area contributed by atoms with Crippen molar-refractivity contribution < 1.29 is 13.7 Å². The number of hydrogen-bond acceptors (Lipinski definition) is 5. The first-order valence-corrected chi connectivity index (χ1v) is 6.32. The topological polar surface area (TPSA) is 53.7 Å². The van der Waals surface area contributed by atoms with Gasteiger partial charge in [-0.3, -0.25) is 9.32 Å². The van der Waals surface area contributed by atoms with Crippen molar-refractivity contribution in [2.75, 3.05) is 6.61 Å². The maximum atomic E-state index is 5.89. The lowest BCUT2D eigenvalue weighted by atomic mass is 10.1. The first-order valence-electron chi connectivity index (χ1n) is 5.51. The molecule has 0 bridgehead atoms. The van der Waals surface area contributed by atoms with Gasteiger partial charge in [0.1, 0.15) is 12.2 Å². The summed E-state index contributed by atoms with van der Waals surface area (Å²) in [5.41, 5.74) is 1.09. The molecule has 0 amide bonds. The average molecular weight is 255 g/mol. The van der Waals surface area contributed by atoms with E-state index in [9.17, 15) is 0 Å². The minimum Gasteiger partial charge on any atom is -0.342 e. The van der Waals surface area contributed by atoms with Crippen LogP contribution in [0.1, 0.15) is 25.5 Å². The maximum absolute atomic E-state index is 5.89. The molecule has 2 unspecified atom stereocenters. The van der Waals surface area contributed by atoms with Crippen LogP contribution in [0.5, 0.6) is 0 Å². The Hall–Kier alpha value is -0.590. The molecule has 94 valence electrons. The Morgan fingerprint density at radius 3 is 2.65 bits per heavy atom. The third-order valence-electron chi connectivity index (χ3n) is 2.61. The first kappa shape index (κ1) is 12.9. The highest BCUT2D eigenvalue weighted by Gasteiger charge is 2.42. The highest BCUT2D eigenvalue weighted by molar-refractivity contribution is 7.92. The normalized spacial score (nSPS) is 27.2. The molecule has 0 saturated carbocycles. The fourth-order valence-corrected chi connectivity index (χ4v) is 2.20. The Balaban J connectivity index is 2.13. The maximum Gasteiger partial charge on any atom is 0.164 e. The summed E-state index contributed by atoms with van der Waals surface area (Å²) in [4.78, 5) is 0. The van der Waals surface area contributed by atoms with Gasteiger partial charge in [-0.2, -0.15) is 0 Å². The molecule has 4 nitrogen and oxygen atoms in total. The SMILES string of the molecule is CC1(C)OC(COSN)C(c2ccccc2)O1. The van der Waals surface area contributed by atoms with Crippen LogP contribution in [0.15, 0.2) is 30.3 Å². The molecule has 1 aromatic carbocycles. The molecule has 1 fully saturated rings. The monoisotopic (exact) mass is 255 g/mol. The number of hydrogen-bond donors (Lipinski definition) is 1. The summed E-state index contributed by atoms with van der Waals surface area (Å²) >= 11 is 0.850. The van der Waals surface area contributed by atoms with Crippen LogP contribution >= 0.6 is 12.2 Å². The molecule has 1 aliphatic rings. The summed E-state index contributed by atoms with van der Waals surface area (Å²) in [5.74, 6) is -0.589. The van der Waals surface area contributed by atoms with Crippen molar-refractivity contribution in [2.24, 2.45) is 5.14 Å². The number of nitrogens with two attached hydrogens (primary N) is 1. The fraction of sp³-hybridized carbons (Fsp3) is 0.500. The largest absolute Gasteiger partial charge is 0.342 e. The lowest BCUT2D eigenvalue weighted by Crippen LogP contribution is -2.24. The molecule has 2 N–H and O–H groups in total. The van der Waals surface area contributed by atoms with E-state index in [4.69, 9.17) is 18.8 Å². The lowest BCUT2D eigenvalue weighted by molar-refractivity contribution is -0.148. The van der Waals surface area contributed by atoms with Crippen molar-refractivity contribution in [1.29, 1.82) is 0 Å². The summed E-state index contributed by atoms with van der Waals surface area (Å²) in [6.07, 6.45) is -0.248. The molecular weight excluding hydrogens is 238 g/mol. The van der Waals surface area contributed by atoms with E-state index in [1.54, 1.807) is 0 Å². The predicted octanol–water partition coefficient (Wildman–Crippen LogP) is 2.42. The highest BCUT2D eigenvalue weighted by atomic mass is 32.2. The summed E-state index contributed by atoms with van der Waals surface area (Å²) in [5, 5.41) is 5.26. The molecular formula is C12H17NO3S. The number of benzene rings is 1. The van der Waals surface area contributed by atoms with Crippen molar-refractivity contribution in [3.63, 3.8) is 0 Å². The minimum absolute atomic E-state index is 0.113. The molecule has 5 heteroatoms. The van der Waals surface area contributed by atoms with E-state index in [0.717, 1.165) is 17.8 Å². The smallest absolute Gasteiger partial charge is 0.164 e. The van der Waals surface area contributed by atoms with Crippen LogP contribution < -0.4 is 5.14 Å². The predicted molar refractivity (Wildman–Crippen MR) is 67.0 cm³/mol. The number of rotatable bonds is 4. The van der Waals surface area contributed by atoms with Crippen LogP contribution in [0, 0.1) is 0 Å². The van der Waals surface area contributed by atoms with Gasteiger partial charge in [-0.05, 0) is 19.4 Å². The van der Waals surface area contributed by atoms with Crippen LogP contribution in [-0.2, 0) is 13.7 Å². The zero-order valence-electron chi connectivity index (χ0n) is 9.96. The molecule has 1 aromatic rings. The van der Waals surface area contributed by atoms with Gasteiger partial charge in [0.2, 0.25) is 0 Å². The van der Waals surface area contributed by atoms with E-state index in [1.807, 2.05) is 44.2 Å². The molecule has 17 heavy (non-hydrogen) atoms. The van der Waals surface area contributed by atoms with Gasteiger partial charge in [0.25, 0.3) is 0 Å². The zero-order valence-corrected chi connectivity index (χ0v) is 10.8. The average Bonchev–Trinajstić information content (AvgIpc) is 2.63. The Morgan fingerprint density at radius 1 is 1.29 bits per heavy atom. The molecule has 1 aliphatic heterocycles. The van der Waals surface area contributed by atoms with Gasteiger partial charge >= 0.3 is 0 Å². The highest BCUT2D eigenvalue weighted by Crippen LogP contribution is 2.38. The van der Waals surface area contributed by atoms with Gasteiger partial charge in [-0.25, -0.2) is 0 Å². The molecule has 1 saturated heterocycles. The molecule has 1 heterocycles. The van der Waals surface area contributed by atoms with Crippen molar-refractivity contribution in [3.05, 3.63) is 35.9 Å². The van der Waals surface area contributed by atoms with Gasteiger partial charge in [-0.15, -0.1) is 0 Å². The van der Waals surface area contributed by atoms with Crippen LogP contribution in [0.25, 0.3) is 0 Å². The fourth-order valence-electron chi connectivity index (χ4n) is 1.99. The van der Waals surface area contributed by atoms with Gasteiger partial charge < -0.3 is 9.47 Å². The molecule has 2 atom stereocenters. The summed E-state index contributed by atoms with van der Waals surface area (Å²) < 4.78 is 16.8. The molecule has 0 aliphatic carbocycles. The Morgan fingerprint density at radius 2 is 2.00 bits per heavy atom. The summed E-state index contributed by atoms with van der Waals surface area (Å²) in [6, 6.07) is 10.0. The van der Waals surface area contributed by atoms with Crippen molar-refractivity contribution in [3.8, 4) is 0 Å². The van der Waals surface area contributed by atoms with E-state index >= 15 is 0 Å². The van der Waals surface area contributed by atoms with E-state index in [2.05, 4.69) is 0 Å². The Kier molecular flexibility index (Phi) is 4.06. The first-order chi connectivity index (χ1) is 8.12. The Labute approximate surface area is 106 Å². The Bertz CT molecular complexity index is 358. The van der Waals surface area contributed by atoms with E-state index < -0.39 is 5.79 Å². The van der Waals surface area contributed by atoms with E-state index in [0.29, 0.717) is 6.61 Å². The van der Waals surface area contributed by atoms with Crippen molar-refractivity contribution in [2.45, 2.75) is 31.8 Å². The summed E-state index contributed by atoms with van der Waals surface area (Å²) in [6.45, 7) is 4.21. The molecule has 0 radical (unpaired) electrons. The quantitative estimate of drug-likeness (QED) is 0.661. The number of ether oxygens (including phenoxy) is 2. The minimum atomic E-state index is -0.589. The van der Waals surface area contributed by atoms with E-state index in [-0.39, 0.29) is 12.2 Å². The van der Waals surface area contributed by atoms with Crippen LogP contribution in [-0.4, -0.2) is 18.5 Å².